The summed E-state index contributed by atoms with van der Waals surface area (Å²) >= 11 is 0. The molecule has 0 unspecified atom stereocenters. The number of alkyl halides is 3. The van der Waals surface area contributed by atoms with Gasteiger partial charge in [-0.05, 0) is 30.3 Å². The second kappa shape index (κ2) is 9.20. The molecule has 1 saturated heterocycles. The van der Waals surface area contributed by atoms with Gasteiger partial charge in [0, 0.05) is 37.9 Å². The van der Waals surface area contributed by atoms with E-state index in [0.717, 1.165) is 12.1 Å². The van der Waals surface area contributed by atoms with Crippen LogP contribution in [0.3, 0.4) is 0 Å². The van der Waals surface area contributed by atoms with E-state index in [1.54, 1.807) is 11.0 Å². The standard InChI is InChI=1S/C21H22F3N3O5S/c22-21(23,24)15-2-1-3-16(12-15)25-20(28)14-26-6-8-27(9-7-26)33(29,30)17-4-5-18-19(13-17)32-11-10-31-18/h1-5,12-13H,6-11,14H2,(H,25,28). The zero-order valence-electron chi connectivity index (χ0n) is 17.5. The van der Waals surface area contributed by atoms with E-state index in [1.165, 1.54) is 28.6 Å². The number of sulfonamides is 1. The summed E-state index contributed by atoms with van der Waals surface area (Å²) in [5.41, 5.74) is -0.798. The minimum absolute atomic E-state index is 0.0506. The summed E-state index contributed by atoms with van der Waals surface area (Å²) in [7, 11) is -3.75. The summed E-state index contributed by atoms with van der Waals surface area (Å²) in [5.74, 6) is 0.404. The molecule has 2 aromatic rings. The second-order valence-electron chi connectivity index (χ2n) is 7.61. The molecule has 12 heteroatoms. The Balaban J connectivity index is 1.33. The number of piperazine rings is 1. The third-order valence-electron chi connectivity index (χ3n) is 5.32. The van der Waals surface area contributed by atoms with Crippen molar-refractivity contribution < 1.29 is 35.9 Å². The highest BCUT2D eigenvalue weighted by atomic mass is 32.2. The van der Waals surface area contributed by atoms with Crippen LogP contribution in [0.1, 0.15) is 5.56 Å². The average molecular weight is 485 g/mol. The molecule has 0 radical (unpaired) electrons. The maximum atomic E-state index is 13.0. The number of ether oxygens (including phenoxy) is 2. The Morgan fingerprint density at radius 1 is 0.970 bits per heavy atom. The number of nitrogens with zero attached hydrogens (tertiary/aromatic N) is 2. The van der Waals surface area contributed by atoms with Crippen molar-refractivity contribution in [2.45, 2.75) is 11.1 Å². The summed E-state index contributed by atoms with van der Waals surface area (Å²) < 4.78 is 76.7. The normalized spacial score (nSPS) is 17.5. The molecule has 1 fully saturated rings. The van der Waals surface area contributed by atoms with Crippen molar-refractivity contribution in [3.8, 4) is 11.5 Å². The Morgan fingerprint density at radius 2 is 1.67 bits per heavy atom. The van der Waals surface area contributed by atoms with Gasteiger partial charge in [-0.1, -0.05) is 6.07 Å². The van der Waals surface area contributed by atoms with Crippen molar-refractivity contribution in [2.75, 3.05) is 51.3 Å². The molecular formula is C21H22F3N3O5S. The zero-order valence-corrected chi connectivity index (χ0v) is 18.3. The molecule has 2 aliphatic heterocycles. The average Bonchev–Trinajstić information content (AvgIpc) is 2.78. The first-order chi connectivity index (χ1) is 15.6. The number of rotatable bonds is 5. The van der Waals surface area contributed by atoms with E-state index in [4.69, 9.17) is 9.47 Å². The molecule has 2 aromatic carbocycles. The minimum Gasteiger partial charge on any atom is -0.486 e. The molecule has 1 N–H and O–H groups in total. The second-order valence-corrected chi connectivity index (χ2v) is 9.55. The predicted octanol–water partition coefficient (Wildman–Crippen LogP) is 2.42. The molecule has 4 rings (SSSR count). The topological polar surface area (TPSA) is 88.2 Å². The lowest BCUT2D eigenvalue weighted by atomic mass is 10.2. The van der Waals surface area contributed by atoms with Gasteiger partial charge in [0.15, 0.2) is 11.5 Å². The van der Waals surface area contributed by atoms with Crippen LogP contribution in [0.25, 0.3) is 0 Å². The Morgan fingerprint density at radius 3 is 2.36 bits per heavy atom. The van der Waals surface area contributed by atoms with Crippen LogP contribution in [0.2, 0.25) is 0 Å². The van der Waals surface area contributed by atoms with Gasteiger partial charge in [0.25, 0.3) is 0 Å². The fraction of sp³-hybridized carbons (Fsp3) is 0.381. The van der Waals surface area contributed by atoms with E-state index < -0.39 is 27.7 Å². The number of fused-ring (bicyclic) bond motifs is 1. The van der Waals surface area contributed by atoms with Gasteiger partial charge in [-0.2, -0.15) is 17.5 Å². The van der Waals surface area contributed by atoms with E-state index in [2.05, 4.69) is 5.32 Å². The smallest absolute Gasteiger partial charge is 0.416 e. The monoisotopic (exact) mass is 485 g/mol. The molecule has 0 spiro atoms. The fourth-order valence-electron chi connectivity index (χ4n) is 3.64. The Kier molecular flexibility index (Phi) is 6.50. The molecule has 2 heterocycles. The Labute approximate surface area is 188 Å². The van der Waals surface area contributed by atoms with Crippen LogP contribution in [0.15, 0.2) is 47.4 Å². The van der Waals surface area contributed by atoms with E-state index in [-0.39, 0.29) is 30.2 Å². The van der Waals surface area contributed by atoms with E-state index in [1.807, 2.05) is 0 Å². The van der Waals surface area contributed by atoms with Crippen LogP contribution in [0.5, 0.6) is 11.5 Å². The molecule has 0 bridgehead atoms. The number of carbonyl (C=O) groups excluding carboxylic acids is 1. The molecule has 178 valence electrons. The largest absolute Gasteiger partial charge is 0.486 e. The number of amides is 1. The van der Waals surface area contributed by atoms with E-state index >= 15 is 0 Å². The van der Waals surface area contributed by atoms with Crippen LogP contribution in [-0.2, 0) is 21.0 Å². The van der Waals surface area contributed by atoms with Crippen molar-refractivity contribution in [3.63, 3.8) is 0 Å². The first-order valence-electron chi connectivity index (χ1n) is 10.2. The van der Waals surface area contributed by atoms with E-state index in [0.29, 0.717) is 37.8 Å². The van der Waals surface area contributed by atoms with Crippen LogP contribution >= 0.6 is 0 Å². The fourth-order valence-corrected chi connectivity index (χ4v) is 5.08. The molecular weight excluding hydrogens is 463 g/mol. The quantitative estimate of drug-likeness (QED) is 0.700. The van der Waals surface area contributed by atoms with Crippen molar-refractivity contribution >= 4 is 21.6 Å². The number of hydrogen-bond donors (Lipinski definition) is 1. The van der Waals surface area contributed by atoms with Gasteiger partial charge in [-0.15, -0.1) is 0 Å². The number of halogens is 3. The molecule has 2 aliphatic rings. The summed E-state index contributed by atoms with van der Waals surface area (Å²) in [6, 6.07) is 8.88. The molecule has 0 saturated carbocycles. The number of hydrogen-bond acceptors (Lipinski definition) is 6. The molecule has 0 aromatic heterocycles. The summed E-state index contributed by atoms with van der Waals surface area (Å²) in [5, 5.41) is 2.46. The number of anilines is 1. The van der Waals surface area contributed by atoms with Gasteiger partial charge < -0.3 is 14.8 Å². The van der Waals surface area contributed by atoms with Gasteiger partial charge in [-0.3, -0.25) is 9.69 Å². The highest BCUT2D eigenvalue weighted by molar-refractivity contribution is 7.89. The third-order valence-corrected chi connectivity index (χ3v) is 7.22. The third kappa shape index (κ3) is 5.40. The maximum absolute atomic E-state index is 13.0. The van der Waals surface area contributed by atoms with Gasteiger partial charge in [0.05, 0.1) is 17.0 Å². The van der Waals surface area contributed by atoms with Crippen molar-refractivity contribution in [2.24, 2.45) is 0 Å². The molecule has 0 atom stereocenters. The molecule has 33 heavy (non-hydrogen) atoms. The van der Waals surface area contributed by atoms with Gasteiger partial charge in [0.2, 0.25) is 15.9 Å². The summed E-state index contributed by atoms with van der Waals surface area (Å²) in [6.45, 7) is 1.65. The zero-order chi connectivity index (χ0) is 23.6. The predicted molar refractivity (Wildman–Crippen MR) is 113 cm³/mol. The molecule has 0 aliphatic carbocycles. The maximum Gasteiger partial charge on any atom is 0.416 e. The van der Waals surface area contributed by atoms with Crippen LogP contribution in [0.4, 0.5) is 18.9 Å². The van der Waals surface area contributed by atoms with Crippen molar-refractivity contribution in [3.05, 3.63) is 48.0 Å². The van der Waals surface area contributed by atoms with Gasteiger partial charge in [0.1, 0.15) is 13.2 Å². The molecule has 1 amide bonds. The van der Waals surface area contributed by atoms with Crippen LogP contribution < -0.4 is 14.8 Å². The lowest BCUT2D eigenvalue weighted by molar-refractivity contribution is -0.137. The van der Waals surface area contributed by atoms with Crippen LogP contribution in [0, 0.1) is 0 Å². The summed E-state index contributed by atoms with van der Waals surface area (Å²) in [6.07, 6.45) is -4.50. The number of carbonyl (C=O) groups is 1. The number of nitrogens with one attached hydrogen (secondary N) is 1. The number of benzene rings is 2. The van der Waals surface area contributed by atoms with Gasteiger partial charge >= 0.3 is 6.18 Å². The highest BCUT2D eigenvalue weighted by Gasteiger charge is 2.32. The lowest BCUT2D eigenvalue weighted by Crippen LogP contribution is -2.50. The van der Waals surface area contributed by atoms with Crippen molar-refractivity contribution in [1.29, 1.82) is 0 Å². The summed E-state index contributed by atoms with van der Waals surface area (Å²) in [4.78, 5) is 14.1. The lowest BCUT2D eigenvalue weighted by Gasteiger charge is -2.33. The first kappa shape index (κ1) is 23.3. The van der Waals surface area contributed by atoms with Gasteiger partial charge in [-0.25, -0.2) is 8.42 Å². The van der Waals surface area contributed by atoms with Crippen molar-refractivity contribution in [1.82, 2.24) is 9.21 Å². The first-order valence-corrected chi connectivity index (χ1v) is 11.7. The molecule has 8 nitrogen and oxygen atoms in total. The Hall–Kier alpha value is -2.83. The Bertz CT molecular complexity index is 1130. The highest BCUT2D eigenvalue weighted by Crippen LogP contribution is 2.33. The van der Waals surface area contributed by atoms with Crippen LogP contribution in [-0.4, -0.2) is 69.5 Å². The van der Waals surface area contributed by atoms with E-state index in [9.17, 15) is 26.4 Å². The SMILES string of the molecule is O=C(CN1CCN(S(=O)(=O)c2ccc3c(c2)OCCO3)CC1)Nc1cccc(C(F)(F)F)c1. The minimum atomic E-state index is -4.50.